The van der Waals surface area contributed by atoms with Gasteiger partial charge in [-0.1, -0.05) is 36.4 Å². The summed E-state index contributed by atoms with van der Waals surface area (Å²) < 4.78 is 39.9. The van der Waals surface area contributed by atoms with Gasteiger partial charge in [-0.05, 0) is 49.2 Å². The largest absolute Gasteiger partial charge is 0.502 e. The van der Waals surface area contributed by atoms with Gasteiger partial charge in [0.15, 0.2) is 10.8 Å². The average molecular weight is 430 g/mol. The minimum Gasteiger partial charge on any atom is -0.502 e. The zero-order valence-corrected chi connectivity index (χ0v) is 17.2. The average Bonchev–Trinajstić information content (AvgIpc) is 2.97. The SMILES string of the molecule is C=c1o/c(=C/Cc2ccc(OCCOS(=O)(=O)c3ccc(C)cc3)cc2)c(O)c1O. The van der Waals surface area contributed by atoms with E-state index in [4.69, 9.17) is 13.3 Å². The van der Waals surface area contributed by atoms with E-state index in [2.05, 4.69) is 6.58 Å². The van der Waals surface area contributed by atoms with Crippen molar-refractivity contribution in [1.82, 2.24) is 0 Å². The van der Waals surface area contributed by atoms with Crippen molar-refractivity contribution in [3.63, 3.8) is 0 Å². The molecule has 1 aromatic heterocycles. The molecule has 158 valence electrons. The van der Waals surface area contributed by atoms with Crippen LogP contribution < -0.4 is 15.6 Å². The van der Waals surface area contributed by atoms with Gasteiger partial charge in [-0.2, -0.15) is 8.42 Å². The molecule has 0 saturated carbocycles. The first-order chi connectivity index (χ1) is 14.3. The molecule has 0 fully saturated rings. The highest BCUT2D eigenvalue weighted by Gasteiger charge is 2.14. The summed E-state index contributed by atoms with van der Waals surface area (Å²) in [6.07, 6.45) is 2.08. The van der Waals surface area contributed by atoms with Crippen molar-refractivity contribution in [3.05, 3.63) is 70.5 Å². The maximum atomic E-state index is 12.1. The van der Waals surface area contributed by atoms with Gasteiger partial charge in [0.2, 0.25) is 11.5 Å². The number of aromatic hydroxyl groups is 2. The quantitative estimate of drug-likeness (QED) is 0.417. The van der Waals surface area contributed by atoms with Crippen LogP contribution in [-0.4, -0.2) is 31.8 Å². The summed E-state index contributed by atoms with van der Waals surface area (Å²) >= 11 is 0. The first kappa shape index (κ1) is 21.5. The monoisotopic (exact) mass is 430 g/mol. The summed E-state index contributed by atoms with van der Waals surface area (Å²) in [4.78, 5) is 0.107. The van der Waals surface area contributed by atoms with Gasteiger partial charge in [-0.3, -0.25) is 4.18 Å². The number of rotatable bonds is 8. The maximum absolute atomic E-state index is 12.1. The zero-order chi connectivity index (χ0) is 21.7. The van der Waals surface area contributed by atoms with E-state index in [9.17, 15) is 18.6 Å². The first-order valence-corrected chi connectivity index (χ1v) is 10.5. The van der Waals surface area contributed by atoms with E-state index in [1.165, 1.54) is 12.1 Å². The summed E-state index contributed by atoms with van der Waals surface area (Å²) in [7, 11) is -3.81. The van der Waals surface area contributed by atoms with E-state index in [1.54, 1.807) is 30.3 Å². The number of hydrogen-bond donors (Lipinski definition) is 2. The van der Waals surface area contributed by atoms with Crippen molar-refractivity contribution in [3.8, 4) is 17.2 Å². The van der Waals surface area contributed by atoms with Crippen molar-refractivity contribution in [2.45, 2.75) is 18.2 Å². The molecule has 0 aliphatic heterocycles. The van der Waals surface area contributed by atoms with Crippen LogP contribution in [0.1, 0.15) is 11.1 Å². The molecular weight excluding hydrogens is 408 g/mol. The fourth-order valence-electron chi connectivity index (χ4n) is 2.63. The molecule has 0 atom stereocenters. The number of furan rings is 1. The molecule has 7 nitrogen and oxygen atoms in total. The van der Waals surface area contributed by atoms with Crippen LogP contribution in [-0.2, 0) is 20.7 Å². The number of ether oxygens (including phenoxy) is 1. The Kier molecular flexibility index (Phi) is 6.49. The minimum atomic E-state index is -3.81. The molecule has 2 N–H and O–H groups in total. The summed E-state index contributed by atoms with van der Waals surface area (Å²) in [6.45, 7) is 5.31. The Labute approximate surface area is 174 Å². The molecule has 0 saturated heterocycles. The van der Waals surface area contributed by atoms with Gasteiger partial charge in [-0.15, -0.1) is 0 Å². The van der Waals surface area contributed by atoms with Crippen molar-refractivity contribution in [2.75, 3.05) is 13.2 Å². The lowest BCUT2D eigenvalue weighted by molar-refractivity contribution is 0.221. The molecular formula is C22H22O7S. The molecule has 8 heteroatoms. The van der Waals surface area contributed by atoms with Crippen LogP contribution in [0.2, 0.25) is 0 Å². The molecule has 2 aromatic carbocycles. The van der Waals surface area contributed by atoms with Gasteiger partial charge in [0, 0.05) is 0 Å². The second-order valence-electron chi connectivity index (χ2n) is 6.58. The third-order valence-corrected chi connectivity index (χ3v) is 5.63. The van der Waals surface area contributed by atoms with Gasteiger partial charge in [0.1, 0.15) is 19.0 Å². The highest BCUT2D eigenvalue weighted by molar-refractivity contribution is 7.86. The molecule has 0 aliphatic rings. The van der Waals surface area contributed by atoms with E-state index < -0.39 is 10.1 Å². The van der Waals surface area contributed by atoms with Crippen LogP contribution in [0.3, 0.4) is 0 Å². The van der Waals surface area contributed by atoms with Crippen LogP contribution in [0.15, 0.2) is 57.8 Å². The topological polar surface area (TPSA) is 106 Å². The standard InChI is InChI=1S/C22H22O7S/c1-15-3-10-19(11-4-15)30(25,26)28-14-13-27-18-8-5-17(6-9-18)7-12-20-22(24)21(23)16(2)29-20/h3-6,8-12,23-24H,2,7,13-14H2,1H3/b20-12+. The third-order valence-electron chi connectivity index (χ3n) is 4.30. The van der Waals surface area contributed by atoms with Crippen LogP contribution >= 0.6 is 0 Å². The van der Waals surface area contributed by atoms with E-state index in [0.717, 1.165) is 11.1 Å². The maximum Gasteiger partial charge on any atom is 0.297 e. The van der Waals surface area contributed by atoms with Crippen molar-refractivity contribution in [2.24, 2.45) is 0 Å². The molecule has 0 spiro atoms. The molecule has 0 radical (unpaired) electrons. The Balaban J connectivity index is 1.50. The zero-order valence-electron chi connectivity index (χ0n) is 16.4. The number of aryl methyl sites for hydroxylation is 1. The van der Waals surface area contributed by atoms with Gasteiger partial charge >= 0.3 is 0 Å². The lowest BCUT2D eigenvalue weighted by Crippen LogP contribution is -2.13. The van der Waals surface area contributed by atoms with E-state index in [-0.39, 0.29) is 40.4 Å². The Morgan fingerprint density at radius 2 is 1.67 bits per heavy atom. The Morgan fingerprint density at radius 1 is 1.00 bits per heavy atom. The smallest absolute Gasteiger partial charge is 0.297 e. The second-order valence-corrected chi connectivity index (χ2v) is 8.19. The van der Waals surface area contributed by atoms with Crippen LogP contribution in [0.4, 0.5) is 0 Å². The van der Waals surface area contributed by atoms with Gasteiger partial charge in [0.25, 0.3) is 10.1 Å². The van der Waals surface area contributed by atoms with Crippen molar-refractivity contribution < 1.29 is 32.0 Å². The molecule has 0 amide bonds. The van der Waals surface area contributed by atoms with Gasteiger partial charge in [0.05, 0.1) is 4.90 Å². The molecule has 3 rings (SSSR count). The molecule has 30 heavy (non-hydrogen) atoms. The molecule has 3 aromatic rings. The summed E-state index contributed by atoms with van der Waals surface area (Å²) in [5.41, 5.74) is 2.05. The van der Waals surface area contributed by atoms with Gasteiger partial charge < -0.3 is 19.4 Å². The molecule has 0 unspecified atom stereocenters. The van der Waals surface area contributed by atoms with E-state index in [1.807, 2.05) is 19.1 Å². The van der Waals surface area contributed by atoms with Crippen LogP contribution in [0.5, 0.6) is 17.2 Å². The van der Waals surface area contributed by atoms with Crippen LogP contribution in [0, 0.1) is 6.92 Å². The van der Waals surface area contributed by atoms with Crippen LogP contribution in [0.25, 0.3) is 12.7 Å². The first-order valence-electron chi connectivity index (χ1n) is 9.14. The minimum absolute atomic E-state index is 0.00843. The lowest BCUT2D eigenvalue weighted by atomic mass is 10.1. The predicted octanol–water partition coefficient (Wildman–Crippen LogP) is 2.22. The summed E-state index contributed by atoms with van der Waals surface area (Å²) in [6, 6.07) is 13.5. The molecule has 0 bridgehead atoms. The fourth-order valence-corrected chi connectivity index (χ4v) is 3.52. The Morgan fingerprint density at radius 3 is 2.27 bits per heavy atom. The number of hydrogen-bond acceptors (Lipinski definition) is 7. The second kappa shape index (κ2) is 9.06. The molecule has 1 heterocycles. The highest BCUT2D eigenvalue weighted by atomic mass is 32.2. The normalized spacial score (nSPS) is 12.2. The molecule has 0 aliphatic carbocycles. The van der Waals surface area contributed by atoms with Gasteiger partial charge in [-0.25, -0.2) is 0 Å². The number of benzene rings is 2. The van der Waals surface area contributed by atoms with Crippen molar-refractivity contribution >= 4 is 22.8 Å². The third kappa shape index (κ3) is 5.22. The Bertz CT molecular complexity index is 1210. The fraction of sp³-hybridized carbons (Fsp3) is 0.182. The Hall–Kier alpha value is -3.23. The summed E-state index contributed by atoms with van der Waals surface area (Å²) in [5, 5.41) is 19.2. The van der Waals surface area contributed by atoms with E-state index in [0.29, 0.717) is 12.2 Å². The lowest BCUT2D eigenvalue weighted by Gasteiger charge is -2.08. The summed E-state index contributed by atoms with van der Waals surface area (Å²) in [5.74, 6) is -0.134. The highest BCUT2D eigenvalue weighted by Crippen LogP contribution is 2.16. The van der Waals surface area contributed by atoms with E-state index >= 15 is 0 Å². The van der Waals surface area contributed by atoms with Crippen molar-refractivity contribution in [1.29, 1.82) is 0 Å². The predicted molar refractivity (Wildman–Crippen MR) is 111 cm³/mol.